The van der Waals surface area contributed by atoms with Crippen LogP contribution < -0.4 is 0 Å². The lowest BCUT2D eigenvalue weighted by Gasteiger charge is -2.17. The van der Waals surface area contributed by atoms with Gasteiger partial charge in [0.15, 0.2) is 0 Å². The molecule has 0 aliphatic heterocycles. The minimum atomic E-state index is -3.83. The van der Waals surface area contributed by atoms with Crippen LogP contribution in [-0.2, 0) is 22.3 Å². The van der Waals surface area contributed by atoms with E-state index in [0.717, 1.165) is 10.9 Å². The molecule has 0 fully saturated rings. The number of thiophene rings is 1. The maximum absolute atomic E-state index is 13.9. The minimum Gasteiger partial charge on any atom is -0.207 e. The summed E-state index contributed by atoms with van der Waals surface area (Å²) < 4.78 is 39.9. The third kappa shape index (κ3) is 3.83. The number of hydrogen-bond donors (Lipinski definition) is 0. The van der Waals surface area contributed by atoms with Gasteiger partial charge in [-0.25, -0.2) is 17.1 Å². The summed E-state index contributed by atoms with van der Waals surface area (Å²) in [6.45, 7) is 0.305. The van der Waals surface area contributed by atoms with Crippen LogP contribution in [0.1, 0.15) is 10.4 Å². The topological polar surface area (TPSA) is 37.4 Å². The van der Waals surface area contributed by atoms with E-state index in [1.54, 1.807) is 11.3 Å². The quantitative estimate of drug-likeness (QED) is 0.750. The second-order valence-corrected chi connectivity index (χ2v) is 7.87. The molecule has 3 nitrogen and oxygen atoms in total. The SMILES string of the molecule is CN(CCc1cccs1)S(=O)(=O)c1ccc(CCl)cc1F. The molecular weight excluding hydrogens is 333 g/mol. The monoisotopic (exact) mass is 347 g/mol. The van der Waals surface area contributed by atoms with Crippen molar-refractivity contribution in [2.75, 3.05) is 13.6 Å². The van der Waals surface area contributed by atoms with E-state index in [9.17, 15) is 12.8 Å². The van der Waals surface area contributed by atoms with Crippen molar-refractivity contribution in [1.29, 1.82) is 0 Å². The number of nitrogens with zero attached hydrogens (tertiary/aromatic N) is 1. The molecule has 0 aliphatic rings. The fourth-order valence-electron chi connectivity index (χ4n) is 1.85. The first-order chi connectivity index (χ1) is 9.95. The van der Waals surface area contributed by atoms with Gasteiger partial charge in [0, 0.05) is 24.3 Å². The number of halogens is 2. The molecule has 21 heavy (non-hydrogen) atoms. The van der Waals surface area contributed by atoms with Crippen molar-refractivity contribution in [3.8, 4) is 0 Å². The van der Waals surface area contributed by atoms with Gasteiger partial charge in [-0.1, -0.05) is 12.1 Å². The summed E-state index contributed by atoms with van der Waals surface area (Å²) in [4.78, 5) is 0.778. The fraction of sp³-hybridized carbons (Fsp3) is 0.286. The number of benzene rings is 1. The molecule has 0 saturated carbocycles. The lowest BCUT2D eigenvalue weighted by molar-refractivity contribution is 0.466. The van der Waals surface area contributed by atoms with Crippen molar-refractivity contribution in [2.45, 2.75) is 17.2 Å². The molecule has 0 radical (unpaired) electrons. The highest BCUT2D eigenvalue weighted by Crippen LogP contribution is 2.21. The van der Waals surface area contributed by atoms with Gasteiger partial charge in [-0.15, -0.1) is 22.9 Å². The van der Waals surface area contributed by atoms with E-state index in [1.807, 2.05) is 17.5 Å². The lowest BCUT2D eigenvalue weighted by Crippen LogP contribution is -2.29. The average molecular weight is 348 g/mol. The van der Waals surface area contributed by atoms with Gasteiger partial charge in [0.2, 0.25) is 10.0 Å². The van der Waals surface area contributed by atoms with E-state index < -0.39 is 15.8 Å². The smallest absolute Gasteiger partial charge is 0.207 e. The highest BCUT2D eigenvalue weighted by Gasteiger charge is 2.24. The Morgan fingerprint density at radius 1 is 1.33 bits per heavy atom. The fourth-order valence-corrected chi connectivity index (χ4v) is 3.92. The van der Waals surface area contributed by atoms with Crippen LogP contribution in [0, 0.1) is 5.82 Å². The average Bonchev–Trinajstić information content (AvgIpc) is 2.97. The second-order valence-electron chi connectivity index (χ2n) is 4.55. The largest absolute Gasteiger partial charge is 0.245 e. The van der Waals surface area contributed by atoms with Crippen molar-refractivity contribution in [3.05, 3.63) is 52.0 Å². The maximum atomic E-state index is 13.9. The molecule has 114 valence electrons. The molecule has 0 unspecified atom stereocenters. The van der Waals surface area contributed by atoms with Crippen LogP contribution in [0.15, 0.2) is 40.6 Å². The van der Waals surface area contributed by atoms with Gasteiger partial charge in [-0.2, -0.15) is 0 Å². The Hall–Kier alpha value is -0.950. The summed E-state index contributed by atoms with van der Waals surface area (Å²) in [5.74, 6) is -0.623. The zero-order chi connectivity index (χ0) is 15.5. The number of hydrogen-bond acceptors (Lipinski definition) is 3. The molecule has 1 aromatic carbocycles. The van der Waals surface area contributed by atoms with Crippen molar-refractivity contribution in [3.63, 3.8) is 0 Å². The standard InChI is InChI=1S/C14H15ClFNO2S2/c1-17(7-6-12-3-2-8-20-12)21(18,19)14-5-4-11(10-15)9-13(14)16/h2-5,8-9H,6-7,10H2,1H3. The van der Waals surface area contributed by atoms with Gasteiger partial charge < -0.3 is 0 Å². The van der Waals surface area contributed by atoms with Crippen molar-refractivity contribution >= 4 is 33.0 Å². The molecular formula is C14H15ClFNO2S2. The third-order valence-corrected chi connectivity index (χ3v) is 6.23. The van der Waals surface area contributed by atoms with Crippen molar-refractivity contribution in [2.24, 2.45) is 0 Å². The molecule has 2 rings (SSSR count). The summed E-state index contributed by atoms with van der Waals surface area (Å²) in [5, 5.41) is 1.94. The van der Waals surface area contributed by atoms with Gasteiger partial charge in [-0.3, -0.25) is 0 Å². The zero-order valence-electron chi connectivity index (χ0n) is 11.4. The van der Waals surface area contributed by atoms with Crippen LogP contribution in [0.2, 0.25) is 0 Å². The van der Waals surface area contributed by atoms with Gasteiger partial charge in [-0.05, 0) is 35.6 Å². The summed E-state index contributed by atoms with van der Waals surface area (Å²) in [6.07, 6.45) is 0.606. The molecule has 0 saturated heterocycles. The number of alkyl halides is 1. The van der Waals surface area contributed by atoms with Crippen LogP contribution in [0.3, 0.4) is 0 Å². The van der Waals surface area contributed by atoms with E-state index >= 15 is 0 Å². The normalized spacial score (nSPS) is 12.0. The Morgan fingerprint density at radius 3 is 2.67 bits per heavy atom. The van der Waals surface area contributed by atoms with Gasteiger partial charge in [0.05, 0.1) is 0 Å². The molecule has 0 bridgehead atoms. The molecule has 7 heteroatoms. The highest BCUT2D eigenvalue weighted by atomic mass is 35.5. The number of sulfonamides is 1. The Morgan fingerprint density at radius 2 is 2.10 bits per heavy atom. The first-order valence-corrected chi connectivity index (χ1v) is 9.13. The van der Waals surface area contributed by atoms with Crippen LogP contribution in [0.25, 0.3) is 0 Å². The van der Waals surface area contributed by atoms with E-state index in [1.165, 1.54) is 23.5 Å². The Labute approximate surface area is 133 Å². The number of likely N-dealkylation sites (N-methyl/N-ethyl adjacent to an activating group) is 1. The van der Waals surface area contributed by atoms with Gasteiger partial charge in [0.25, 0.3) is 0 Å². The molecule has 2 aromatic rings. The van der Waals surface area contributed by atoms with Crippen LogP contribution >= 0.6 is 22.9 Å². The summed E-state index contributed by atoms with van der Waals surface area (Å²) in [6, 6.07) is 7.81. The van der Waals surface area contributed by atoms with Gasteiger partial charge in [0.1, 0.15) is 10.7 Å². The first kappa shape index (κ1) is 16.4. The molecule has 0 N–H and O–H groups in total. The molecule has 0 spiro atoms. The van der Waals surface area contributed by atoms with E-state index in [0.29, 0.717) is 18.5 Å². The number of rotatable bonds is 6. The molecule has 1 heterocycles. The highest BCUT2D eigenvalue weighted by molar-refractivity contribution is 7.89. The van der Waals surface area contributed by atoms with Gasteiger partial charge >= 0.3 is 0 Å². The Kier molecular flexibility index (Phi) is 5.37. The summed E-state index contributed by atoms with van der Waals surface area (Å²) >= 11 is 7.18. The maximum Gasteiger partial charge on any atom is 0.245 e. The third-order valence-electron chi connectivity index (χ3n) is 3.09. The zero-order valence-corrected chi connectivity index (χ0v) is 13.8. The lowest BCUT2D eigenvalue weighted by atomic mass is 10.2. The first-order valence-electron chi connectivity index (χ1n) is 6.28. The van der Waals surface area contributed by atoms with Crippen LogP contribution in [0.4, 0.5) is 4.39 Å². The summed E-state index contributed by atoms with van der Waals surface area (Å²) in [5.41, 5.74) is 0.550. The van der Waals surface area contributed by atoms with Crippen molar-refractivity contribution < 1.29 is 12.8 Å². The Balaban J connectivity index is 2.16. The minimum absolute atomic E-state index is 0.144. The van der Waals surface area contributed by atoms with Crippen molar-refractivity contribution in [1.82, 2.24) is 4.31 Å². The van der Waals surface area contributed by atoms with Crippen LogP contribution in [-0.4, -0.2) is 26.3 Å². The molecule has 0 aliphatic carbocycles. The molecule has 0 atom stereocenters. The van der Waals surface area contributed by atoms with E-state index in [-0.39, 0.29) is 10.8 Å². The predicted molar refractivity (Wildman–Crippen MR) is 83.8 cm³/mol. The molecule has 0 amide bonds. The van der Waals surface area contributed by atoms with Crippen LogP contribution in [0.5, 0.6) is 0 Å². The second kappa shape index (κ2) is 6.87. The van der Waals surface area contributed by atoms with E-state index in [2.05, 4.69) is 0 Å². The molecule has 1 aromatic heterocycles. The summed E-state index contributed by atoms with van der Waals surface area (Å²) in [7, 11) is -2.37. The predicted octanol–water partition coefficient (Wildman–Crippen LogP) is 3.49. The Bertz CT molecular complexity index is 702. The van der Waals surface area contributed by atoms with E-state index in [4.69, 9.17) is 11.6 Å².